The molecular weight excluding hydrogens is 492 g/mol. The van der Waals surface area contributed by atoms with E-state index in [1.807, 2.05) is 37.5 Å². The molecule has 3 N–H and O–H groups in total. The maximum Gasteiger partial charge on any atom is 0.235 e. The Labute approximate surface area is 194 Å². The molecule has 0 unspecified atom stereocenters. The third-order valence-corrected chi connectivity index (χ3v) is 7.75. The Kier molecular flexibility index (Phi) is 5.26. The second-order valence-electron chi connectivity index (χ2n) is 7.70. The van der Waals surface area contributed by atoms with Gasteiger partial charge in [0.15, 0.2) is 0 Å². The van der Waals surface area contributed by atoms with Gasteiger partial charge >= 0.3 is 0 Å². The van der Waals surface area contributed by atoms with Gasteiger partial charge in [-0.15, -0.1) is 0 Å². The molecule has 0 radical (unpaired) electrons. The van der Waals surface area contributed by atoms with Crippen LogP contribution in [-0.2, 0) is 17.1 Å². The van der Waals surface area contributed by atoms with Crippen molar-refractivity contribution < 1.29 is 8.42 Å². The van der Waals surface area contributed by atoms with Crippen LogP contribution in [0.5, 0.6) is 0 Å². The van der Waals surface area contributed by atoms with Crippen molar-refractivity contribution in [3.63, 3.8) is 0 Å². The number of fused-ring (bicyclic) bond motifs is 1. The van der Waals surface area contributed by atoms with Crippen LogP contribution in [0, 0.1) is 0 Å². The van der Waals surface area contributed by atoms with Crippen molar-refractivity contribution in [3.8, 4) is 0 Å². The van der Waals surface area contributed by atoms with Crippen LogP contribution in [0.15, 0.2) is 65.4 Å². The first-order valence-electron chi connectivity index (χ1n) is 10.1. The van der Waals surface area contributed by atoms with Crippen LogP contribution in [0.2, 0.25) is 0 Å². The Balaban J connectivity index is 1.43. The van der Waals surface area contributed by atoms with Gasteiger partial charge in [-0.2, -0.15) is 4.98 Å². The van der Waals surface area contributed by atoms with Crippen molar-refractivity contribution in [2.24, 2.45) is 7.05 Å². The first kappa shape index (κ1) is 20.8. The van der Waals surface area contributed by atoms with Crippen molar-refractivity contribution in [2.75, 3.05) is 15.4 Å². The fourth-order valence-corrected chi connectivity index (χ4v) is 5.17. The monoisotopic (exact) mass is 512 g/mol. The summed E-state index contributed by atoms with van der Waals surface area (Å²) < 4.78 is 30.2. The highest BCUT2D eigenvalue weighted by atomic mass is 79.9. The largest absolute Gasteiger partial charge is 0.350 e. The van der Waals surface area contributed by atoms with Gasteiger partial charge < -0.3 is 15.2 Å². The molecule has 0 amide bonds. The number of anilines is 5. The van der Waals surface area contributed by atoms with E-state index < -0.39 is 10.0 Å². The highest BCUT2D eigenvalue weighted by Crippen LogP contribution is 2.34. The molecule has 8 nitrogen and oxygen atoms in total. The molecule has 0 aliphatic heterocycles. The second kappa shape index (κ2) is 8.10. The van der Waals surface area contributed by atoms with Crippen LogP contribution in [0.4, 0.5) is 28.8 Å². The zero-order valence-corrected chi connectivity index (χ0v) is 19.6. The third kappa shape index (κ3) is 4.15. The molecule has 4 aromatic rings. The average Bonchev–Trinajstić information content (AvgIpc) is 3.57. The van der Waals surface area contributed by atoms with E-state index in [1.54, 1.807) is 24.4 Å². The molecule has 1 fully saturated rings. The van der Waals surface area contributed by atoms with Crippen molar-refractivity contribution in [1.29, 1.82) is 0 Å². The van der Waals surface area contributed by atoms with Crippen LogP contribution in [0.25, 0.3) is 10.9 Å². The predicted molar refractivity (Wildman–Crippen MR) is 131 cm³/mol. The van der Waals surface area contributed by atoms with Gasteiger partial charge in [0.2, 0.25) is 16.0 Å². The maximum atomic E-state index is 12.4. The number of hydrogen-bond acceptors (Lipinski definition) is 6. The molecule has 1 aliphatic rings. The van der Waals surface area contributed by atoms with Gasteiger partial charge in [0, 0.05) is 30.3 Å². The Morgan fingerprint density at radius 3 is 2.53 bits per heavy atom. The molecule has 0 saturated heterocycles. The zero-order chi connectivity index (χ0) is 22.3. The smallest absolute Gasteiger partial charge is 0.235 e. The Morgan fingerprint density at radius 2 is 1.75 bits per heavy atom. The van der Waals surface area contributed by atoms with Gasteiger partial charge in [-0.05, 0) is 59.1 Å². The Morgan fingerprint density at radius 1 is 1.00 bits per heavy atom. The van der Waals surface area contributed by atoms with E-state index in [1.165, 1.54) is 0 Å². The minimum atomic E-state index is -3.38. The quantitative estimate of drug-likeness (QED) is 0.317. The SMILES string of the molecule is Cn1ccc2c(Nc3ncc(Br)c(Nc4ccccc4NS(=O)(=O)C4CC4)n3)cccc21. The summed E-state index contributed by atoms with van der Waals surface area (Å²) in [7, 11) is -1.38. The van der Waals surface area contributed by atoms with Gasteiger partial charge in [0.05, 0.1) is 26.8 Å². The van der Waals surface area contributed by atoms with Crippen LogP contribution in [0.3, 0.4) is 0 Å². The predicted octanol–water partition coefficient (Wildman–Crippen LogP) is 5.12. The summed E-state index contributed by atoms with van der Waals surface area (Å²) >= 11 is 3.48. The molecule has 5 rings (SSSR count). The van der Waals surface area contributed by atoms with E-state index >= 15 is 0 Å². The summed E-state index contributed by atoms with van der Waals surface area (Å²) in [6.45, 7) is 0. The topological polar surface area (TPSA) is 101 Å². The number of nitrogens with zero attached hydrogens (tertiary/aromatic N) is 3. The average molecular weight is 513 g/mol. The lowest BCUT2D eigenvalue weighted by molar-refractivity contribution is 0.600. The van der Waals surface area contributed by atoms with E-state index in [9.17, 15) is 8.42 Å². The molecule has 1 saturated carbocycles. The van der Waals surface area contributed by atoms with Crippen LogP contribution >= 0.6 is 15.9 Å². The number of nitrogens with one attached hydrogen (secondary N) is 3. The van der Waals surface area contributed by atoms with Gasteiger partial charge in [0.25, 0.3) is 0 Å². The van der Waals surface area contributed by atoms with Crippen LogP contribution in [0.1, 0.15) is 12.8 Å². The molecule has 2 aromatic heterocycles. The third-order valence-electron chi connectivity index (χ3n) is 5.31. The summed E-state index contributed by atoms with van der Waals surface area (Å²) in [5.74, 6) is 0.934. The summed E-state index contributed by atoms with van der Waals surface area (Å²) in [5.41, 5.74) is 3.08. The Hall–Kier alpha value is -3.11. The van der Waals surface area contributed by atoms with Crippen LogP contribution < -0.4 is 15.4 Å². The molecule has 0 atom stereocenters. The van der Waals surface area contributed by atoms with Crippen molar-refractivity contribution in [2.45, 2.75) is 18.1 Å². The van der Waals surface area contributed by atoms with E-state index in [0.717, 1.165) is 16.6 Å². The molecule has 164 valence electrons. The molecule has 32 heavy (non-hydrogen) atoms. The number of para-hydroxylation sites is 2. The number of sulfonamides is 1. The van der Waals surface area contributed by atoms with Gasteiger partial charge in [-0.25, -0.2) is 13.4 Å². The number of hydrogen-bond donors (Lipinski definition) is 3. The minimum absolute atomic E-state index is 0.308. The molecule has 0 spiro atoms. The summed E-state index contributed by atoms with van der Waals surface area (Å²) in [4.78, 5) is 8.97. The first-order valence-corrected chi connectivity index (χ1v) is 12.5. The number of aryl methyl sites for hydroxylation is 1. The molecule has 2 heterocycles. The molecule has 10 heteroatoms. The summed E-state index contributed by atoms with van der Waals surface area (Å²) in [6, 6.07) is 15.2. The second-order valence-corrected chi connectivity index (χ2v) is 10.5. The highest BCUT2D eigenvalue weighted by molar-refractivity contribution is 9.10. The summed E-state index contributed by atoms with van der Waals surface area (Å²) in [6.07, 6.45) is 5.06. The molecule has 0 bridgehead atoms. The van der Waals surface area contributed by atoms with E-state index in [2.05, 4.69) is 51.9 Å². The first-order chi connectivity index (χ1) is 15.4. The number of halogens is 1. The maximum absolute atomic E-state index is 12.4. The molecular formula is C22H21BrN6O2S. The van der Waals surface area contributed by atoms with Crippen molar-refractivity contribution in [1.82, 2.24) is 14.5 Å². The van der Waals surface area contributed by atoms with E-state index in [4.69, 9.17) is 0 Å². The number of rotatable bonds is 7. The minimum Gasteiger partial charge on any atom is -0.350 e. The molecule has 1 aliphatic carbocycles. The van der Waals surface area contributed by atoms with E-state index in [0.29, 0.717) is 40.5 Å². The number of aromatic nitrogens is 3. The van der Waals surface area contributed by atoms with Gasteiger partial charge in [-0.3, -0.25) is 4.72 Å². The number of benzene rings is 2. The highest BCUT2D eigenvalue weighted by Gasteiger charge is 2.36. The normalized spacial score (nSPS) is 13.8. The van der Waals surface area contributed by atoms with Crippen LogP contribution in [-0.4, -0.2) is 28.2 Å². The lowest BCUT2D eigenvalue weighted by Gasteiger charge is -2.15. The van der Waals surface area contributed by atoms with Crippen molar-refractivity contribution in [3.05, 3.63) is 65.4 Å². The fourth-order valence-electron chi connectivity index (χ4n) is 3.47. The zero-order valence-electron chi connectivity index (χ0n) is 17.2. The van der Waals surface area contributed by atoms with Crippen molar-refractivity contribution >= 4 is 65.7 Å². The lowest BCUT2D eigenvalue weighted by Crippen LogP contribution is -2.18. The Bertz CT molecular complexity index is 1420. The van der Waals surface area contributed by atoms with E-state index in [-0.39, 0.29) is 5.25 Å². The van der Waals surface area contributed by atoms with Gasteiger partial charge in [-0.1, -0.05) is 18.2 Å². The standard InChI is InChI=1S/C22H21BrN6O2S/c1-29-12-11-15-17(7-4-8-20(15)29)26-22-24-13-16(23)21(27-22)25-18-5-2-3-6-19(18)28-32(30,31)14-9-10-14/h2-8,11-14,28H,9-10H2,1H3,(H2,24,25,26,27). The fraction of sp³-hybridized carbons (Fsp3) is 0.182. The lowest BCUT2D eigenvalue weighted by atomic mass is 10.2. The summed E-state index contributed by atoms with van der Waals surface area (Å²) in [5, 5.41) is 7.26. The van der Waals surface area contributed by atoms with Gasteiger partial charge in [0.1, 0.15) is 5.82 Å². The molecule has 2 aromatic carbocycles.